The van der Waals surface area contributed by atoms with Gasteiger partial charge in [-0.2, -0.15) is 13.2 Å². The molecule has 2 aromatic carbocycles. The number of anilines is 1. The zero-order chi connectivity index (χ0) is 20.6. The fourth-order valence-corrected chi connectivity index (χ4v) is 4.10. The summed E-state index contributed by atoms with van der Waals surface area (Å²) in [5, 5.41) is 0. The summed E-state index contributed by atoms with van der Waals surface area (Å²) in [6.45, 7) is 1.53. The van der Waals surface area contributed by atoms with Crippen LogP contribution in [-0.2, 0) is 17.4 Å². The Kier molecular flexibility index (Phi) is 5.06. The number of piperidine rings is 1. The van der Waals surface area contributed by atoms with Crippen LogP contribution in [0.2, 0.25) is 0 Å². The van der Waals surface area contributed by atoms with Crippen molar-refractivity contribution in [2.75, 3.05) is 24.5 Å². The molecule has 0 aliphatic carbocycles. The maximum atomic E-state index is 13.0. The molecule has 29 heavy (non-hydrogen) atoms. The van der Waals surface area contributed by atoms with Crippen LogP contribution in [0.25, 0.3) is 0 Å². The van der Waals surface area contributed by atoms with Crippen LogP contribution < -0.4 is 4.90 Å². The first-order chi connectivity index (χ1) is 13.8. The second kappa shape index (κ2) is 7.54. The van der Waals surface area contributed by atoms with Gasteiger partial charge in [0.25, 0.3) is 5.91 Å². The summed E-state index contributed by atoms with van der Waals surface area (Å²) in [7, 11) is 0. The predicted molar refractivity (Wildman–Crippen MR) is 103 cm³/mol. The van der Waals surface area contributed by atoms with E-state index in [9.17, 15) is 22.8 Å². The summed E-state index contributed by atoms with van der Waals surface area (Å²) < 4.78 is 38.1. The third-order valence-corrected chi connectivity index (χ3v) is 5.74. The Hall–Kier alpha value is -2.83. The lowest BCUT2D eigenvalue weighted by atomic mass is 9.94. The van der Waals surface area contributed by atoms with Crippen molar-refractivity contribution in [2.45, 2.75) is 25.4 Å². The van der Waals surface area contributed by atoms with Gasteiger partial charge in [-0.3, -0.25) is 9.59 Å². The van der Waals surface area contributed by atoms with Crippen LogP contribution in [0, 0.1) is 5.92 Å². The van der Waals surface area contributed by atoms with Crippen molar-refractivity contribution in [3.8, 4) is 0 Å². The van der Waals surface area contributed by atoms with Crippen LogP contribution in [0.5, 0.6) is 0 Å². The van der Waals surface area contributed by atoms with E-state index in [1.165, 1.54) is 17.7 Å². The molecule has 2 aliphatic heterocycles. The number of benzene rings is 2. The molecule has 7 heteroatoms. The average molecular weight is 402 g/mol. The summed E-state index contributed by atoms with van der Waals surface area (Å²) in [4.78, 5) is 29.0. The first-order valence-electron chi connectivity index (χ1n) is 9.70. The minimum absolute atomic E-state index is 0.0941. The standard InChI is InChI=1S/C22H21F3N2O2/c23-22(24,25)18-7-5-16(6-8-18)20(28)26-12-9-17(10-13-26)21(29)27-14-11-15-3-1-2-4-19(15)27/h1-8,17H,9-14H2. The van der Waals surface area contributed by atoms with Gasteiger partial charge in [0.2, 0.25) is 5.91 Å². The number of rotatable bonds is 2. The van der Waals surface area contributed by atoms with E-state index in [1.54, 1.807) is 4.90 Å². The average Bonchev–Trinajstić information content (AvgIpc) is 3.16. The Balaban J connectivity index is 1.37. The lowest BCUT2D eigenvalue weighted by Crippen LogP contribution is -2.44. The molecule has 0 N–H and O–H groups in total. The second-order valence-corrected chi connectivity index (χ2v) is 7.51. The highest BCUT2D eigenvalue weighted by Crippen LogP contribution is 2.32. The Morgan fingerprint density at radius 2 is 1.55 bits per heavy atom. The van der Waals surface area contributed by atoms with Crippen LogP contribution in [-0.4, -0.2) is 36.3 Å². The van der Waals surface area contributed by atoms with Crippen molar-refractivity contribution in [2.24, 2.45) is 5.92 Å². The number of halogens is 3. The van der Waals surface area contributed by atoms with Crippen LogP contribution >= 0.6 is 0 Å². The predicted octanol–water partition coefficient (Wildman–Crippen LogP) is 4.15. The van der Waals surface area contributed by atoms with Gasteiger partial charge in [-0.25, -0.2) is 0 Å². The smallest absolute Gasteiger partial charge is 0.339 e. The van der Waals surface area contributed by atoms with Crippen molar-refractivity contribution in [3.63, 3.8) is 0 Å². The quantitative estimate of drug-likeness (QED) is 0.757. The Morgan fingerprint density at radius 1 is 0.897 bits per heavy atom. The van der Waals surface area contributed by atoms with Gasteiger partial charge in [0.15, 0.2) is 0 Å². The molecule has 0 radical (unpaired) electrons. The zero-order valence-electron chi connectivity index (χ0n) is 15.8. The summed E-state index contributed by atoms with van der Waals surface area (Å²) in [5.74, 6) is -0.342. The maximum Gasteiger partial charge on any atom is 0.416 e. The van der Waals surface area contributed by atoms with E-state index in [0.717, 1.165) is 24.2 Å². The Labute approximate surface area is 166 Å². The molecule has 0 spiro atoms. The highest BCUT2D eigenvalue weighted by atomic mass is 19.4. The number of fused-ring (bicyclic) bond motifs is 1. The maximum absolute atomic E-state index is 13.0. The molecule has 4 rings (SSSR count). The van der Waals surface area contributed by atoms with Gasteiger partial charge in [0.1, 0.15) is 0 Å². The number of hydrogen-bond donors (Lipinski definition) is 0. The van der Waals surface area contributed by atoms with E-state index in [2.05, 4.69) is 0 Å². The first kappa shape index (κ1) is 19.5. The summed E-state index contributed by atoms with van der Waals surface area (Å²) >= 11 is 0. The van der Waals surface area contributed by atoms with Gasteiger partial charge < -0.3 is 9.80 Å². The number of hydrogen-bond acceptors (Lipinski definition) is 2. The minimum Gasteiger partial charge on any atom is -0.339 e. The van der Waals surface area contributed by atoms with Gasteiger partial charge in [0, 0.05) is 36.8 Å². The summed E-state index contributed by atoms with van der Waals surface area (Å²) in [5.41, 5.74) is 1.61. The van der Waals surface area contributed by atoms with Crippen molar-refractivity contribution in [1.82, 2.24) is 4.90 Å². The van der Waals surface area contributed by atoms with Gasteiger partial charge in [-0.15, -0.1) is 0 Å². The van der Waals surface area contributed by atoms with E-state index in [1.807, 2.05) is 29.2 Å². The van der Waals surface area contributed by atoms with Crippen LogP contribution in [0.4, 0.5) is 18.9 Å². The molecule has 2 amide bonds. The molecule has 1 fully saturated rings. The number of para-hydroxylation sites is 1. The normalized spacial score (nSPS) is 17.3. The summed E-state index contributed by atoms with van der Waals surface area (Å²) in [6, 6.07) is 12.2. The van der Waals surface area contributed by atoms with Crippen molar-refractivity contribution < 1.29 is 22.8 Å². The number of likely N-dealkylation sites (tertiary alicyclic amines) is 1. The van der Waals surface area contributed by atoms with Crippen LogP contribution in [0.3, 0.4) is 0 Å². The van der Waals surface area contributed by atoms with E-state index >= 15 is 0 Å². The molecule has 0 atom stereocenters. The van der Waals surface area contributed by atoms with Crippen molar-refractivity contribution in [1.29, 1.82) is 0 Å². The van der Waals surface area contributed by atoms with Crippen LogP contribution in [0.15, 0.2) is 48.5 Å². The van der Waals surface area contributed by atoms with E-state index < -0.39 is 11.7 Å². The van der Waals surface area contributed by atoms with Gasteiger partial charge in [-0.1, -0.05) is 18.2 Å². The molecule has 2 heterocycles. The molecule has 0 unspecified atom stereocenters. The molecule has 1 saturated heterocycles. The molecule has 2 aliphatic rings. The Bertz CT molecular complexity index is 916. The SMILES string of the molecule is O=C(c1ccc(C(F)(F)F)cc1)N1CCC(C(=O)N2CCc3ccccc32)CC1. The van der Waals surface area contributed by atoms with Crippen LogP contribution in [0.1, 0.15) is 34.3 Å². The lowest BCUT2D eigenvalue weighted by molar-refractivity contribution is -0.137. The zero-order valence-corrected chi connectivity index (χ0v) is 15.8. The molecule has 152 valence electrons. The topological polar surface area (TPSA) is 40.6 Å². The van der Waals surface area contributed by atoms with Gasteiger partial charge in [0.05, 0.1) is 5.56 Å². The third-order valence-electron chi connectivity index (χ3n) is 5.74. The number of carbonyl (C=O) groups is 2. The van der Waals surface area contributed by atoms with Crippen molar-refractivity contribution in [3.05, 3.63) is 65.2 Å². The van der Waals surface area contributed by atoms with E-state index in [0.29, 0.717) is 32.5 Å². The minimum atomic E-state index is -4.42. The van der Waals surface area contributed by atoms with Gasteiger partial charge in [-0.05, 0) is 55.2 Å². The first-order valence-corrected chi connectivity index (χ1v) is 9.70. The number of nitrogens with zero attached hydrogens (tertiary/aromatic N) is 2. The fourth-order valence-electron chi connectivity index (χ4n) is 4.10. The third kappa shape index (κ3) is 3.86. The highest BCUT2D eigenvalue weighted by Gasteiger charge is 2.34. The molecular weight excluding hydrogens is 381 g/mol. The second-order valence-electron chi connectivity index (χ2n) is 7.51. The molecule has 0 aromatic heterocycles. The van der Waals surface area contributed by atoms with E-state index in [4.69, 9.17) is 0 Å². The lowest BCUT2D eigenvalue weighted by Gasteiger charge is -2.33. The molecule has 4 nitrogen and oxygen atoms in total. The number of alkyl halides is 3. The molecule has 0 saturated carbocycles. The largest absolute Gasteiger partial charge is 0.416 e. The monoisotopic (exact) mass is 402 g/mol. The molecule has 0 bridgehead atoms. The molecule has 2 aromatic rings. The van der Waals surface area contributed by atoms with Crippen molar-refractivity contribution >= 4 is 17.5 Å². The summed E-state index contributed by atoms with van der Waals surface area (Å²) in [6.07, 6.45) is -2.45. The fraction of sp³-hybridized carbons (Fsp3) is 0.364. The highest BCUT2D eigenvalue weighted by molar-refractivity contribution is 5.97. The Morgan fingerprint density at radius 3 is 2.21 bits per heavy atom. The van der Waals surface area contributed by atoms with Gasteiger partial charge >= 0.3 is 6.18 Å². The van der Waals surface area contributed by atoms with E-state index in [-0.39, 0.29) is 23.3 Å². The number of amides is 2. The molecular formula is C22H21F3N2O2. The number of carbonyl (C=O) groups excluding carboxylic acids is 2.